The normalized spacial score (nSPS) is 16.7. The molecule has 6 heteroatoms. The van der Waals surface area contributed by atoms with Crippen LogP contribution in [0.15, 0.2) is 0 Å². The van der Waals surface area contributed by atoms with Crippen LogP contribution >= 0.6 is 11.6 Å². The third kappa shape index (κ3) is 10.5. The second-order valence-corrected chi connectivity index (χ2v) is 6.02. The van der Waals surface area contributed by atoms with Crippen LogP contribution in [-0.2, 0) is 19.1 Å². The van der Waals surface area contributed by atoms with Crippen molar-refractivity contribution >= 4 is 23.5 Å². The summed E-state index contributed by atoms with van der Waals surface area (Å²) in [7, 11) is 0. The Bertz CT molecular complexity index is 319. The molecule has 0 aromatic heterocycles. The maximum Gasteiger partial charge on any atom is 0.324 e. The van der Waals surface area contributed by atoms with Gasteiger partial charge in [-0.05, 0) is 20.3 Å². The van der Waals surface area contributed by atoms with Crippen molar-refractivity contribution in [1.82, 2.24) is 0 Å². The minimum Gasteiger partial charge on any atom is -0.462 e. The number of rotatable bonds is 10. The Labute approximate surface area is 131 Å². The van der Waals surface area contributed by atoms with Crippen LogP contribution in [0.25, 0.3) is 0 Å². The lowest BCUT2D eigenvalue weighted by molar-refractivity contribution is -0.149. The second-order valence-electron chi connectivity index (χ2n) is 5.36. The van der Waals surface area contributed by atoms with Crippen molar-refractivity contribution in [3.63, 3.8) is 0 Å². The quantitative estimate of drug-likeness (QED) is 0.494. The molecule has 21 heavy (non-hydrogen) atoms. The summed E-state index contributed by atoms with van der Waals surface area (Å²) < 4.78 is 10.3. The largest absolute Gasteiger partial charge is 0.462 e. The number of alkyl halides is 1. The molecule has 4 atom stereocenters. The van der Waals surface area contributed by atoms with Crippen molar-refractivity contribution in [2.24, 2.45) is 0 Å². The van der Waals surface area contributed by atoms with Crippen molar-refractivity contribution < 1.29 is 24.2 Å². The number of aliphatic hydroxyl groups excluding tert-OH is 1. The summed E-state index contributed by atoms with van der Waals surface area (Å²) in [5.74, 6) is -0.849. The van der Waals surface area contributed by atoms with Crippen LogP contribution in [0.2, 0.25) is 0 Å². The second kappa shape index (κ2) is 10.9. The van der Waals surface area contributed by atoms with Crippen LogP contribution < -0.4 is 0 Å². The molecule has 0 aliphatic rings. The van der Waals surface area contributed by atoms with Crippen LogP contribution in [0.1, 0.15) is 59.8 Å². The summed E-state index contributed by atoms with van der Waals surface area (Å²) in [6.45, 7) is 6.65. The van der Waals surface area contributed by atoms with Crippen molar-refractivity contribution in [3.05, 3.63) is 0 Å². The zero-order valence-corrected chi connectivity index (χ0v) is 14.1. The molecule has 4 unspecified atom stereocenters. The van der Waals surface area contributed by atoms with Crippen molar-refractivity contribution in [3.8, 4) is 0 Å². The van der Waals surface area contributed by atoms with E-state index in [9.17, 15) is 14.7 Å². The third-order valence-electron chi connectivity index (χ3n) is 2.99. The Morgan fingerprint density at radius 2 is 1.81 bits per heavy atom. The molecular formula is C15H27ClO5. The molecular weight excluding hydrogens is 296 g/mol. The van der Waals surface area contributed by atoms with Gasteiger partial charge in [0.2, 0.25) is 0 Å². The molecule has 0 heterocycles. The van der Waals surface area contributed by atoms with Crippen LogP contribution in [-0.4, -0.2) is 40.7 Å². The number of carbonyl (C=O) groups excluding carboxylic acids is 2. The van der Waals surface area contributed by atoms with Gasteiger partial charge in [0.25, 0.3) is 0 Å². The van der Waals surface area contributed by atoms with Gasteiger partial charge in [0.15, 0.2) is 0 Å². The molecule has 0 bridgehead atoms. The number of esters is 2. The first-order chi connectivity index (χ1) is 9.76. The first-order valence-electron chi connectivity index (χ1n) is 7.46. The van der Waals surface area contributed by atoms with Gasteiger partial charge in [0.05, 0.1) is 6.10 Å². The van der Waals surface area contributed by atoms with Crippen molar-refractivity contribution in [2.45, 2.75) is 83.5 Å². The molecule has 0 aromatic carbocycles. The predicted molar refractivity (Wildman–Crippen MR) is 81.2 cm³/mol. The van der Waals surface area contributed by atoms with E-state index in [0.29, 0.717) is 12.8 Å². The van der Waals surface area contributed by atoms with Crippen molar-refractivity contribution in [2.75, 3.05) is 0 Å². The first-order valence-corrected chi connectivity index (χ1v) is 7.89. The molecule has 0 rings (SSSR count). The number of hydrogen-bond donors (Lipinski definition) is 1. The van der Waals surface area contributed by atoms with Gasteiger partial charge < -0.3 is 14.6 Å². The van der Waals surface area contributed by atoms with Gasteiger partial charge in [-0.2, -0.15) is 0 Å². The number of aliphatic hydroxyl groups is 1. The van der Waals surface area contributed by atoms with Crippen LogP contribution in [0, 0.1) is 0 Å². The molecule has 0 saturated carbocycles. The fourth-order valence-corrected chi connectivity index (χ4v) is 2.07. The van der Waals surface area contributed by atoms with E-state index < -0.39 is 23.6 Å². The van der Waals surface area contributed by atoms with E-state index in [1.54, 1.807) is 6.92 Å². The minimum atomic E-state index is -0.706. The average molecular weight is 323 g/mol. The molecule has 5 nitrogen and oxygen atoms in total. The lowest BCUT2D eigenvalue weighted by Crippen LogP contribution is -2.28. The highest BCUT2D eigenvalue weighted by Crippen LogP contribution is 2.16. The highest BCUT2D eigenvalue weighted by Gasteiger charge is 2.21. The Morgan fingerprint density at radius 1 is 1.19 bits per heavy atom. The molecule has 0 fully saturated rings. The molecule has 0 spiro atoms. The van der Waals surface area contributed by atoms with Crippen LogP contribution in [0.3, 0.4) is 0 Å². The lowest BCUT2D eigenvalue weighted by atomic mass is 10.0. The summed E-state index contributed by atoms with van der Waals surface area (Å²) >= 11 is 5.61. The van der Waals surface area contributed by atoms with E-state index >= 15 is 0 Å². The topological polar surface area (TPSA) is 72.8 Å². The van der Waals surface area contributed by atoms with Crippen molar-refractivity contribution in [1.29, 1.82) is 0 Å². The summed E-state index contributed by atoms with van der Waals surface area (Å²) in [5, 5.41) is 9.33. The van der Waals surface area contributed by atoms with E-state index in [-0.39, 0.29) is 12.1 Å². The van der Waals surface area contributed by atoms with Gasteiger partial charge in [-0.3, -0.25) is 9.59 Å². The Kier molecular flexibility index (Phi) is 10.4. The monoisotopic (exact) mass is 322 g/mol. The molecule has 0 amide bonds. The van der Waals surface area contributed by atoms with E-state index in [0.717, 1.165) is 19.3 Å². The Balaban J connectivity index is 4.24. The van der Waals surface area contributed by atoms with Crippen LogP contribution in [0.4, 0.5) is 0 Å². The fourth-order valence-electron chi connectivity index (χ4n) is 2.01. The molecule has 0 radical (unpaired) electrons. The smallest absolute Gasteiger partial charge is 0.324 e. The van der Waals surface area contributed by atoms with E-state index in [1.165, 1.54) is 13.8 Å². The number of unbranched alkanes of at least 4 members (excludes halogenated alkanes) is 1. The zero-order chi connectivity index (χ0) is 16.4. The summed E-state index contributed by atoms with van der Waals surface area (Å²) in [5.41, 5.74) is 0. The number of hydrogen-bond acceptors (Lipinski definition) is 5. The first kappa shape index (κ1) is 20.2. The van der Waals surface area contributed by atoms with Gasteiger partial charge in [-0.1, -0.05) is 19.8 Å². The summed E-state index contributed by atoms with van der Waals surface area (Å²) in [6.07, 6.45) is 1.86. The predicted octanol–water partition coefficient (Wildman–Crippen LogP) is 2.81. The van der Waals surface area contributed by atoms with Gasteiger partial charge in [-0.25, -0.2) is 0 Å². The average Bonchev–Trinajstić information content (AvgIpc) is 2.34. The molecule has 0 aromatic rings. The van der Waals surface area contributed by atoms with Gasteiger partial charge in [-0.15, -0.1) is 11.6 Å². The highest BCUT2D eigenvalue weighted by molar-refractivity contribution is 6.29. The Morgan fingerprint density at radius 3 is 2.29 bits per heavy atom. The van der Waals surface area contributed by atoms with E-state index in [4.69, 9.17) is 21.1 Å². The van der Waals surface area contributed by atoms with Gasteiger partial charge in [0.1, 0.15) is 17.6 Å². The number of halogens is 1. The maximum atomic E-state index is 11.3. The minimum absolute atomic E-state index is 0.291. The van der Waals surface area contributed by atoms with Gasteiger partial charge >= 0.3 is 11.9 Å². The standard InChI is InChI=1S/C15H27ClO5/c1-5-6-7-14(21-12(4)17)9-13(18)8-10(2)20-15(19)11(3)16/h10-11,13-14,18H,5-9H2,1-4H3. The van der Waals surface area contributed by atoms with Gasteiger partial charge in [0, 0.05) is 19.8 Å². The summed E-state index contributed by atoms with van der Waals surface area (Å²) in [6, 6.07) is 0. The third-order valence-corrected chi connectivity index (χ3v) is 3.17. The molecule has 124 valence electrons. The fraction of sp³-hybridized carbons (Fsp3) is 0.867. The van der Waals surface area contributed by atoms with Crippen LogP contribution in [0.5, 0.6) is 0 Å². The zero-order valence-electron chi connectivity index (χ0n) is 13.3. The number of carbonyl (C=O) groups is 2. The highest BCUT2D eigenvalue weighted by atomic mass is 35.5. The van der Waals surface area contributed by atoms with E-state index in [1.807, 2.05) is 0 Å². The molecule has 0 aliphatic heterocycles. The lowest BCUT2D eigenvalue weighted by Gasteiger charge is -2.22. The SMILES string of the molecule is CCCCC(CC(O)CC(C)OC(=O)C(C)Cl)OC(C)=O. The molecule has 0 saturated heterocycles. The Hall–Kier alpha value is -0.810. The van der Waals surface area contributed by atoms with E-state index in [2.05, 4.69) is 6.92 Å². The number of ether oxygens (including phenoxy) is 2. The molecule has 1 N–H and O–H groups in total. The maximum absolute atomic E-state index is 11.3. The summed E-state index contributed by atoms with van der Waals surface area (Å²) in [4.78, 5) is 22.4. The molecule has 0 aliphatic carbocycles.